The number of rotatable bonds is 4. The van der Waals surface area contributed by atoms with Gasteiger partial charge in [-0.15, -0.1) is 0 Å². The second kappa shape index (κ2) is 6.68. The molecule has 0 saturated carbocycles. The van der Waals surface area contributed by atoms with Gasteiger partial charge in [0.05, 0.1) is 11.7 Å². The van der Waals surface area contributed by atoms with E-state index in [-0.39, 0.29) is 11.3 Å². The van der Waals surface area contributed by atoms with Crippen LogP contribution in [0.2, 0.25) is 0 Å². The normalized spacial score (nSPS) is 13.0. The minimum absolute atomic E-state index is 0.116. The van der Waals surface area contributed by atoms with Crippen LogP contribution in [-0.2, 0) is 17.5 Å². The van der Waals surface area contributed by atoms with E-state index in [4.69, 9.17) is 4.74 Å². The highest BCUT2D eigenvalue weighted by Crippen LogP contribution is 2.32. The molecule has 0 spiro atoms. The Morgan fingerprint density at radius 1 is 1.29 bits per heavy atom. The molecule has 0 unspecified atom stereocenters. The molecule has 2 N–H and O–H groups in total. The summed E-state index contributed by atoms with van der Waals surface area (Å²) in [5, 5.41) is 9.72. The Morgan fingerprint density at radius 2 is 1.92 bits per heavy atom. The fourth-order valence-corrected chi connectivity index (χ4v) is 2.73. The highest BCUT2D eigenvalue weighted by molar-refractivity contribution is 5.89. The molecule has 0 radical (unpaired) electrons. The molecular formula is C17H18F3NO3. The number of aliphatic hydroxyl groups is 1. The van der Waals surface area contributed by atoms with Crippen molar-refractivity contribution in [3.63, 3.8) is 0 Å². The predicted molar refractivity (Wildman–Crippen MR) is 81.5 cm³/mol. The van der Waals surface area contributed by atoms with Crippen molar-refractivity contribution in [2.75, 3.05) is 0 Å². The van der Waals surface area contributed by atoms with E-state index < -0.39 is 30.4 Å². The first kappa shape index (κ1) is 18.1. The molecule has 24 heavy (non-hydrogen) atoms. The lowest BCUT2D eigenvalue weighted by molar-refractivity contribution is -0.138. The number of nitrogens with one attached hydrogen (secondary N) is 1. The summed E-state index contributed by atoms with van der Waals surface area (Å²) in [7, 11) is 0. The fourth-order valence-electron chi connectivity index (χ4n) is 2.73. The summed E-state index contributed by atoms with van der Waals surface area (Å²) in [6, 6.07) is 4.94. The van der Waals surface area contributed by atoms with Crippen molar-refractivity contribution in [1.29, 1.82) is 0 Å². The number of halogens is 3. The van der Waals surface area contributed by atoms with E-state index in [0.717, 1.165) is 6.07 Å². The number of aromatic amines is 1. The van der Waals surface area contributed by atoms with E-state index in [1.807, 2.05) is 0 Å². The van der Waals surface area contributed by atoms with Crippen LogP contribution in [0.25, 0.3) is 0 Å². The maximum atomic E-state index is 12.9. The van der Waals surface area contributed by atoms with Gasteiger partial charge in [-0.3, -0.25) is 0 Å². The molecule has 2 rings (SSSR count). The molecule has 2 aromatic rings. The molecule has 4 nitrogen and oxygen atoms in total. The summed E-state index contributed by atoms with van der Waals surface area (Å²) < 4.78 is 43.8. The van der Waals surface area contributed by atoms with Gasteiger partial charge in [0.2, 0.25) is 0 Å². The van der Waals surface area contributed by atoms with E-state index in [1.165, 1.54) is 18.2 Å². The molecule has 1 atom stereocenters. The number of alkyl halides is 3. The summed E-state index contributed by atoms with van der Waals surface area (Å²) in [5.41, 5.74) is 0.907. The van der Waals surface area contributed by atoms with Crippen LogP contribution in [0.4, 0.5) is 13.2 Å². The molecule has 0 fully saturated rings. The molecule has 130 valence electrons. The molecule has 0 aliphatic heterocycles. The Balaban J connectivity index is 2.20. The number of ether oxygens (including phenoxy) is 1. The lowest BCUT2D eigenvalue weighted by Crippen LogP contribution is -2.12. The number of benzene rings is 1. The third-order valence-corrected chi connectivity index (χ3v) is 3.80. The predicted octanol–water partition coefficient (Wildman–Crippen LogP) is 4.06. The van der Waals surface area contributed by atoms with Gasteiger partial charge >= 0.3 is 12.1 Å². The lowest BCUT2D eigenvalue weighted by Gasteiger charge is -2.12. The number of carbonyl (C=O) groups is 1. The van der Waals surface area contributed by atoms with Crippen LogP contribution in [0.15, 0.2) is 24.3 Å². The van der Waals surface area contributed by atoms with Gasteiger partial charge < -0.3 is 14.8 Å². The molecule has 0 aliphatic carbocycles. The zero-order chi connectivity index (χ0) is 18.1. The van der Waals surface area contributed by atoms with Crippen LogP contribution >= 0.6 is 0 Å². The van der Waals surface area contributed by atoms with Gasteiger partial charge in [-0.25, -0.2) is 4.79 Å². The summed E-state index contributed by atoms with van der Waals surface area (Å²) in [4.78, 5) is 15.0. The van der Waals surface area contributed by atoms with E-state index in [2.05, 4.69) is 4.98 Å². The number of aryl methyl sites for hydroxylation is 1. The van der Waals surface area contributed by atoms with Crippen molar-refractivity contribution in [3.8, 4) is 0 Å². The van der Waals surface area contributed by atoms with Gasteiger partial charge in [0.1, 0.15) is 12.3 Å². The van der Waals surface area contributed by atoms with Gasteiger partial charge in [0, 0.05) is 16.8 Å². The van der Waals surface area contributed by atoms with Gasteiger partial charge in [-0.05, 0) is 32.4 Å². The SMILES string of the molecule is Cc1[nH]c(C(=O)OCc2ccccc2C(F)(F)F)c(C)c1[C@H](C)O. The van der Waals surface area contributed by atoms with E-state index in [9.17, 15) is 23.1 Å². The first-order valence-electron chi connectivity index (χ1n) is 7.32. The number of aliphatic hydroxyl groups excluding tert-OH is 1. The molecule has 0 bridgehead atoms. The van der Waals surface area contributed by atoms with E-state index in [0.29, 0.717) is 16.8 Å². The van der Waals surface area contributed by atoms with Gasteiger partial charge in [-0.2, -0.15) is 13.2 Å². The first-order chi connectivity index (χ1) is 11.1. The Hall–Kier alpha value is -2.28. The lowest BCUT2D eigenvalue weighted by atomic mass is 10.1. The molecule has 0 amide bonds. The van der Waals surface area contributed by atoms with Crippen LogP contribution < -0.4 is 0 Å². The van der Waals surface area contributed by atoms with E-state index >= 15 is 0 Å². The minimum Gasteiger partial charge on any atom is -0.456 e. The maximum Gasteiger partial charge on any atom is 0.416 e. The highest BCUT2D eigenvalue weighted by Gasteiger charge is 2.33. The number of hydrogen-bond acceptors (Lipinski definition) is 3. The maximum absolute atomic E-state index is 12.9. The number of carbonyl (C=O) groups excluding carboxylic acids is 1. The van der Waals surface area contributed by atoms with Crippen LogP contribution in [0, 0.1) is 13.8 Å². The number of esters is 1. The van der Waals surface area contributed by atoms with Gasteiger partial charge in [0.25, 0.3) is 0 Å². The quantitative estimate of drug-likeness (QED) is 0.825. The monoisotopic (exact) mass is 341 g/mol. The summed E-state index contributed by atoms with van der Waals surface area (Å²) in [6.07, 6.45) is -5.28. The van der Waals surface area contributed by atoms with Gasteiger partial charge in [-0.1, -0.05) is 18.2 Å². The Kier molecular flexibility index (Phi) is 5.03. The van der Waals surface area contributed by atoms with Crippen molar-refractivity contribution < 1.29 is 27.8 Å². The molecule has 1 heterocycles. The fraction of sp³-hybridized carbons (Fsp3) is 0.353. The number of H-pyrrole nitrogens is 1. The largest absolute Gasteiger partial charge is 0.456 e. The molecule has 1 aromatic heterocycles. The smallest absolute Gasteiger partial charge is 0.416 e. The molecular weight excluding hydrogens is 323 g/mol. The summed E-state index contributed by atoms with van der Waals surface area (Å²) >= 11 is 0. The highest BCUT2D eigenvalue weighted by atomic mass is 19.4. The van der Waals surface area contributed by atoms with Crippen molar-refractivity contribution in [2.45, 2.75) is 39.7 Å². The second-order valence-electron chi connectivity index (χ2n) is 5.57. The Bertz CT molecular complexity index is 748. The van der Waals surface area contributed by atoms with Crippen LogP contribution in [0.1, 0.15) is 51.5 Å². The zero-order valence-corrected chi connectivity index (χ0v) is 13.5. The number of aromatic nitrogens is 1. The number of hydrogen-bond donors (Lipinski definition) is 2. The molecule has 1 aromatic carbocycles. The van der Waals surface area contributed by atoms with Crippen LogP contribution in [-0.4, -0.2) is 16.1 Å². The average Bonchev–Trinajstić information content (AvgIpc) is 2.79. The second-order valence-corrected chi connectivity index (χ2v) is 5.57. The van der Waals surface area contributed by atoms with Crippen molar-refractivity contribution in [3.05, 3.63) is 57.9 Å². The topological polar surface area (TPSA) is 62.3 Å². The average molecular weight is 341 g/mol. The molecule has 0 saturated heterocycles. The van der Waals surface area contributed by atoms with Gasteiger partial charge in [0.15, 0.2) is 0 Å². The van der Waals surface area contributed by atoms with Crippen molar-refractivity contribution in [2.24, 2.45) is 0 Å². The zero-order valence-electron chi connectivity index (χ0n) is 13.5. The third-order valence-electron chi connectivity index (χ3n) is 3.80. The standard InChI is InChI=1S/C17H18F3NO3/c1-9-14(11(3)22)10(2)21-15(9)16(23)24-8-12-6-4-5-7-13(12)17(18,19)20/h4-7,11,21-22H,8H2,1-3H3/t11-/m0/s1. The summed E-state index contributed by atoms with van der Waals surface area (Å²) in [5.74, 6) is -0.764. The molecule has 0 aliphatic rings. The van der Waals surface area contributed by atoms with Crippen molar-refractivity contribution >= 4 is 5.97 Å². The first-order valence-corrected chi connectivity index (χ1v) is 7.32. The molecule has 7 heteroatoms. The minimum atomic E-state index is -4.51. The Labute approximate surface area is 137 Å². The van der Waals surface area contributed by atoms with Crippen LogP contribution in [0.3, 0.4) is 0 Å². The van der Waals surface area contributed by atoms with E-state index in [1.54, 1.807) is 20.8 Å². The Morgan fingerprint density at radius 3 is 2.46 bits per heavy atom. The van der Waals surface area contributed by atoms with Crippen molar-refractivity contribution in [1.82, 2.24) is 4.98 Å². The summed E-state index contributed by atoms with van der Waals surface area (Å²) in [6.45, 7) is 4.42. The third kappa shape index (κ3) is 3.62. The van der Waals surface area contributed by atoms with Crippen LogP contribution in [0.5, 0.6) is 0 Å².